The summed E-state index contributed by atoms with van der Waals surface area (Å²) in [6.07, 6.45) is 2.21. The van der Waals surface area contributed by atoms with Gasteiger partial charge in [-0.1, -0.05) is 0 Å². The molecule has 1 atom stereocenters. The third-order valence-corrected chi connectivity index (χ3v) is 2.92. The van der Waals surface area contributed by atoms with Crippen LogP contribution in [0.2, 0.25) is 0 Å². The first-order valence-electron chi connectivity index (χ1n) is 5.89. The maximum absolute atomic E-state index is 10.7. The third kappa shape index (κ3) is 3.18. The van der Waals surface area contributed by atoms with Gasteiger partial charge in [-0.05, 0) is 18.9 Å². The molecular weight excluding hydrogens is 236 g/mol. The number of nitrogen functional groups attached to an aromatic ring is 1. The summed E-state index contributed by atoms with van der Waals surface area (Å²) in [4.78, 5) is 10.2. The Morgan fingerprint density at radius 1 is 1.56 bits per heavy atom. The second-order valence-electron chi connectivity index (χ2n) is 4.29. The lowest BCUT2D eigenvalue weighted by molar-refractivity contribution is -0.384. The van der Waals surface area contributed by atoms with Crippen LogP contribution in [0.4, 0.5) is 11.4 Å². The predicted molar refractivity (Wildman–Crippen MR) is 66.1 cm³/mol. The number of benzene rings is 1. The number of non-ortho nitro benzene ring substituents is 1. The summed E-state index contributed by atoms with van der Waals surface area (Å²) in [5, 5.41) is 10.7. The molecule has 0 spiro atoms. The zero-order valence-electron chi connectivity index (χ0n) is 10.0. The Labute approximate surface area is 105 Å². The predicted octanol–water partition coefficient (Wildman–Crippen LogP) is 1.87. The lowest BCUT2D eigenvalue weighted by Crippen LogP contribution is -2.14. The van der Waals surface area contributed by atoms with E-state index in [0.717, 1.165) is 19.4 Å². The van der Waals surface area contributed by atoms with E-state index < -0.39 is 4.92 Å². The molecule has 1 fully saturated rings. The van der Waals surface area contributed by atoms with Crippen LogP contribution in [0.1, 0.15) is 18.4 Å². The van der Waals surface area contributed by atoms with Crippen molar-refractivity contribution in [3.63, 3.8) is 0 Å². The van der Waals surface area contributed by atoms with Gasteiger partial charge in [-0.3, -0.25) is 10.1 Å². The second-order valence-corrected chi connectivity index (χ2v) is 4.29. The van der Waals surface area contributed by atoms with Crippen molar-refractivity contribution in [1.82, 2.24) is 0 Å². The highest BCUT2D eigenvalue weighted by Gasteiger charge is 2.16. The summed E-state index contributed by atoms with van der Waals surface area (Å²) < 4.78 is 10.9. The Morgan fingerprint density at radius 2 is 2.39 bits per heavy atom. The molecule has 1 saturated heterocycles. The molecule has 0 radical (unpaired) electrons. The Balaban J connectivity index is 1.91. The van der Waals surface area contributed by atoms with Gasteiger partial charge in [0.2, 0.25) is 0 Å². The maximum Gasteiger partial charge on any atom is 0.269 e. The van der Waals surface area contributed by atoms with Gasteiger partial charge >= 0.3 is 0 Å². The number of nitro groups is 1. The minimum Gasteiger partial charge on any atom is -0.398 e. The lowest BCUT2D eigenvalue weighted by atomic mass is 10.1. The van der Waals surface area contributed by atoms with Crippen LogP contribution in [0, 0.1) is 10.1 Å². The maximum atomic E-state index is 10.7. The van der Waals surface area contributed by atoms with Crippen molar-refractivity contribution >= 4 is 11.4 Å². The molecule has 0 amide bonds. The van der Waals surface area contributed by atoms with Crippen molar-refractivity contribution < 1.29 is 14.4 Å². The van der Waals surface area contributed by atoms with Crippen molar-refractivity contribution in [2.24, 2.45) is 0 Å². The van der Waals surface area contributed by atoms with E-state index in [2.05, 4.69) is 0 Å². The molecule has 0 aromatic heterocycles. The first-order chi connectivity index (χ1) is 8.66. The zero-order chi connectivity index (χ0) is 13.0. The van der Waals surface area contributed by atoms with Crippen LogP contribution in [0.25, 0.3) is 0 Å². The topological polar surface area (TPSA) is 87.6 Å². The van der Waals surface area contributed by atoms with Gasteiger partial charge < -0.3 is 15.2 Å². The fourth-order valence-corrected chi connectivity index (χ4v) is 1.91. The van der Waals surface area contributed by atoms with Gasteiger partial charge in [0.05, 0.1) is 24.2 Å². The number of nitro benzene ring substituents is 1. The molecule has 1 unspecified atom stereocenters. The van der Waals surface area contributed by atoms with Crippen molar-refractivity contribution in [1.29, 1.82) is 0 Å². The van der Waals surface area contributed by atoms with Gasteiger partial charge in [-0.25, -0.2) is 0 Å². The molecule has 18 heavy (non-hydrogen) atoms. The molecule has 2 N–H and O–H groups in total. The van der Waals surface area contributed by atoms with E-state index in [1.807, 2.05) is 0 Å². The van der Waals surface area contributed by atoms with E-state index in [1.165, 1.54) is 18.2 Å². The van der Waals surface area contributed by atoms with E-state index >= 15 is 0 Å². The fourth-order valence-electron chi connectivity index (χ4n) is 1.91. The molecule has 98 valence electrons. The van der Waals surface area contributed by atoms with Crippen molar-refractivity contribution in [2.75, 3.05) is 18.9 Å². The Hall–Kier alpha value is -1.66. The smallest absolute Gasteiger partial charge is 0.269 e. The van der Waals surface area contributed by atoms with Gasteiger partial charge in [-0.2, -0.15) is 0 Å². The standard InChI is InChI=1S/C12H16N2O4/c13-12-4-3-10(14(15)16)6-9(12)7-17-8-11-2-1-5-18-11/h3-4,6,11H,1-2,5,7-8,13H2. The van der Waals surface area contributed by atoms with Gasteiger partial charge in [0.1, 0.15) is 0 Å². The van der Waals surface area contributed by atoms with Crippen LogP contribution in [0.3, 0.4) is 0 Å². The number of nitrogens with zero attached hydrogens (tertiary/aromatic N) is 1. The average Bonchev–Trinajstić information content (AvgIpc) is 2.84. The number of rotatable bonds is 5. The summed E-state index contributed by atoms with van der Waals surface area (Å²) in [6.45, 7) is 1.56. The Morgan fingerprint density at radius 3 is 3.06 bits per heavy atom. The monoisotopic (exact) mass is 252 g/mol. The summed E-state index contributed by atoms with van der Waals surface area (Å²) in [6, 6.07) is 4.37. The molecule has 6 nitrogen and oxygen atoms in total. The van der Waals surface area contributed by atoms with Crippen LogP contribution in [0.15, 0.2) is 18.2 Å². The lowest BCUT2D eigenvalue weighted by Gasteiger charge is -2.11. The molecule has 1 heterocycles. The molecule has 2 rings (SSSR count). The molecule has 1 aromatic rings. The number of hydrogen-bond acceptors (Lipinski definition) is 5. The van der Waals surface area contributed by atoms with E-state index in [0.29, 0.717) is 17.9 Å². The van der Waals surface area contributed by atoms with E-state index in [-0.39, 0.29) is 18.4 Å². The number of nitrogens with two attached hydrogens (primary N) is 1. The summed E-state index contributed by atoms with van der Waals surface area (Å²) >= 11 is 0. The largest absolute Gasteiger partial charge is 0.398 e. The molecule has 1 aromatic carbocycles. The molecule has 0 bridgehead atoms. The highest BCUT2D eigenvalue weighted by atomic mass is 16.6. The highest BCUT2D eigenvalue weighted by Crippen LogP contribution is 2.21. The molecule has 6 heteroatoms. The molecular formula is C12H16N2O4. The van der Waals surface area contributed by atoms with Crippen LogP contribution in [-0.2, 0) is 16.1 Å². The third-order valence-electron chi connectivity index (χ3n) is 2.92. The van der Waals surface area contributed by atoms with Gasteiger partial charge in [0.15, 0.2) is 0 Å². The van der Waals surface area contributed by atoms with Crippen molar-refractivity contribution in [3.8, 4) is 0 Å². The SMILES string of the molecule is Nc1ccc([N+](=O)[O-])cc1COCC1CCCO1. The minimum absolute atomic E-state index is 0.0277. The number of ether oxygens (including phenoxy) is 2. The fraction of sp³-hybridized carbons (Fsp3) is 0.500. The van der Waals surface area contributed by atoms with Gasteiger partial charge in [0, 0.05) is 30.0 Å². The first kappa shape index (κ1) is 12.8. The van der Waals surface area contributed by atoms with Gasteiger partial charge in [0.25, 0.3) is 5.69 Å². The number of hydrogen-bond donors (Lipinski definition) is 1. The van der Waals surface area contributed by atoms with Gasteiger partial charge in [-0.15, -0.1) is 0 Å². The Bertz CT molecular complexity index is 430. The average molecular weight is 252 g/mol. The molecule has 1 aliphatic heterocycles. The summed E-state index contributed by atoms with van der Waals surface area (Å²) in [5.41, 5.74) is 6.93. The quantitative estimate of drug-likeness (QED) is 0.491. The van der Waals surface area contributed by atoms with E-state index in [4.69, 9.17) is 15.2 Å². The number of anilines is 1. The van der Waals surface area contributed by atoms with Crippen molar-refractivity contribution in [2.45, 2.75) is 25.6 Å². The van der Waals surface area contributed by atoms with Crippen LogP contribution in [0.5, 0.6) is 0 Å². The van der Waals surface area contributed by atoms with Crippen LogP contribution in [-0.4, -0.2) is 24.2 Å². The van der Waals surface area contributed by atoms with Crippen LogP contribution >= 0.6 is 0 Å². The molecule has 0 saturated carbocycles. The second kappa shape index (κ2) is 5.79. The summed E-state index contributed by atoms with van der Waals surface area (Å²) in [5.74, 6) is 0. The molecule has 1 aliphatic rings. The summed E-state index contributed by atoms with van der Waals surface area (Å²) in [7, 11) is 0. The Kier molecular flexibility index (Phi) is 4.11. The van der Waals surface area contributed by atoms with E-state index in [1.54, 1.807) is 0 Å². The normalized spacial score (nSPS) is 19.0. The molecule has 0 aliphatic carbocycles. The minimum atomic E-state index is -0.441. The highest BCUT2D eigenvalue weighted by molar-refractivity contribution is 5.52. The van der Waals surface area contributed by atoms with Crippen LogP contribution < -0.4 is 5.73 Å². The van der Waals surface area contributed by atoms with E-state index in [9.17, 15) is 10.1 Å². The van der Waals surface area contributed by atoms with Crippen molar-refractivity contribution in [3.05, 3.63) is 33.9 Å². The zero-order valence-corrected chi connectivity index (χ0v) is 10.0. The first-order valence-corrected chi connectivity index (χ1v) is 5.89.